The smallest absolute Gasteiger partial charge is 0.256 e. The standard InChI is InChI=1S/C17H22N2O4/c1-5-10-6-13-16(23-4)18-12-8-15(22-3)14(21-2)7-11(12)17(20)19(13)9-10/h5,7-8,13,16,18H,6,9H2,1-4H3/b10-5+/t13-,16+/m0/s1. The number of ether oxygens (including phenoxy) is 3. The summed E-state index contributed by atoms with van der Waals surface area (Å²) in [5.74, 6) is 1.10. The van der Waals surface area contributed by atoms with Crippen LogP contribution >= 0.6 is 0 Å². The summed E-state index contributed by atoms with van der Waals surface area (Å²) >= 11 is 0. The number of benzene rings is 1. The summed E-state index contributed by atoms with van der Waals surface area (Å²) in [6.45, 7) is 2.64. The predicted octanol–water partition coefficient (Wildman–Crippen LogP) is 2.26. The minimum absolute atomic E-state index is 0.0187. The summed E-state index contributed by atoms with van der Waals surface area (Å²) in [5, 5.41) is 3.33. The van der Waals surface area contributed by atoms with Crippen LogP contribution in [-0.4, -0.2) is 51.0 Å². The number of fused-ring (bicyclic) bond motifs is 2. The minimum atomic E-state index is -0.268. The highest BCUT2D eigenvalue weighted by Crippen LogP contribution is 2.39. The van der Waals surface area contributed by atoms with Gasteiger partial charge >= 0.3 is 0 Å². The molecule has 0 unspecified atom stereocenters. The van der Waals surface area contributed by atoms with Gasteiger partial charge in [-0.15, -0.1) is 0 Å². The van der Waals surface area contributed by atoms with Crippen LogP contribution in [0.5, 0.6) is 11.5 Å². The summed E-state index contributed by atoms with van der Waals surface area (Å²) in [4.78, 5) is 14.9. The van der Waals surface area contributed by atoms with Crippen LogP contribution in [0.15, 0.2) is 23.8 Å². The largest absolute Gasteiger partial charge is 0.493 e. The van der Waals surface area contributed by atoms with E-state index >= 15 is 0 Å². The highest BCUT2D eigenvalue weighted by molar-refractivity contribution is 6.02. The number of hydrogen-bond donors (Lipinski definition) is 1. The first-order valence-electron chi connectivity index (χ1n) is 7.63. The maximum atomic E-state index is 13.0. The van der Waals surface area contributed by atoms with Crippen LogP contribution < -0.4 is 14.8 Å². The van der Waals surface area contributed by atoms with E-state index in [4.69, 9.17) is 14.2 Å². The van der Waals surface area contributed by atoms with Crippen LogP contribution in [0.3, 0.4) is 0 Å². The van der Waals surface area contributed by atoms with Gasteiger partial charge in [-0.05, 0) is 19.4 Å². The summed E-state index contributed by atoms with van der Waals surface area (Å²) in [6, 6.07) is 3.49. The first-order chi connectivity index (χ1) is 11.1. The van der Waals surface area contributed by atoms with Gasteiger partial charge in [-0.2, -0.15) is 0 Å². The Morgan fingerprint density at radius 1 is 1.22 bits per heavy atom. The van der Waals surface area contributed by atoms with Crippen molar-refractivity contribution < 1.29 is 19.0 Å². The van der Waals surface area contributed by atoms with Gasteiger partial charge in [0.2, 0.25) is 0 Å². The van der Waals surface area contributed by atoms with Crippen LogP contribution in [0.1, 0.15) is 23.7 Å². The van der Waals surface area contributed by atoms with E-state index in [0.717, 1.165) is 6.42 Å². The van der Waals surface area contributed by atoms with Gasteiger partial charge in [0, 0.05) is 19.7 Å². The summed E-state index contributed by atoms with van der Waals surface area (Å²) in [5.41, 5.74) is 2.52. The number of allylic oxidation sites excluding steroid dienone is 1. The van der Waals surface area contributed by atoms with Crippen molar-refractivity contribution in [3.63, 3.8) is 0 Å². The van der Waals surface area contributed by atoms with Crippen LogP contribution in [0.4, 0.5) is 5.69 Å². The molecule has 2 aliphatic rings. The van der Waals surface area contributed by atoms with Gasteiger partial charge in [0.1, 0.15) is 6.23 Å². The Bertz CT molecular complexity index is 656. The lowest BCUT2D eigenvalue weighted by atomic mass is 10.1. The molecule has 1 saturated heterocycles. The fourth-order valence-electron chi connectivity index (χ4n) is 3.28. The SMILES string of the molecule is C/C=C1\C[C@H]2[C@@H](OC)Nc3cc(OC)c(OC)cc3C(=O)N2C1. The van der Waals surface area contributed by atoms with E-state index in [1.54, 1.807) is 33.5 Å². The monoisotopic (exact) mass is 318 g/mol. The van der Waals surface area contributed by atoms with E-state index in [9.17, 15) is 4.79 Å². The zero-order chi connectivity index (χ0) is 16.6. The van der Waals surface area contributed by atoms with Gasteiger partial charge in [-0.3, -0.25) is 4.79 Å². The second kappa shape index (κ2) is 6.12. The first-order valence-corrected chi connectivity index (χ1v) is 7.63. The molecular formula is C17H22N2O4. The van der Waals surface area contributed by atoms with E-state index in [2.05, 4.69) is 11.4 Å². The van der Waals surface area contributed by atoms with Gasteiger partial charge in [-0.25, -0.2) is 0 Å². The summed E-state index contributed by atoms with van der Waals surface area (Å²) < 4.78 is 16.3. The third-order valence-corrected chi connectivity index (χ3v) is 4.57. The summed E-state index contributed by atoms with van der Waals surface area (Å²) in [6.07, 6.45) is 2.62. The predicted molar refractivity (Wildman–Crippen MR) is 87.2 cm³/mol. The van der Waals surface area contributed by atoms with E-state index in [0.29, 0.717) is 29.3 Å². The fourth-order valence-corrected chi connectivity index (χ4v) is 3.28. The van der Waals surface area contributed by atoms with Crippen molar-refractivity contribution in [2.75, 3.05) is 33.2 Å². The third kappa shape index (κ3) is 2.53. The number of hydrogen-bond acceptors (Lipinski definition) is 5. The Morgan fingerprint density at radius 3 is 2.52 bits per heavy atom. The molecule has 1 aromatic rings. The number of carbonyl (C=O) groups is 1. The van der Waals surface area contributed by atoms with E-state index in [1.165, 1.54) is 5.57 Å². The molecule has 0 radical (unpaired) electrons. The molecule has 124 valence electrons. The number of methoxy groups -OCH3 is 3. The molecule has 1 N–H and O–H groups in total. The zero-order valence-corrected chi connectivity index (χ0v) is 13.9. The molecule has 2 aliphatic heterocycles. The quantitative estimate of drug-likeness (QED) is 0.866. The maximum Gasteiger partial charge on any atom is 0.256 e. The topological polar surface area (TPSA) is 60.0 Å². The molecule has 2 atom stereocenters. The number of carbonyl (C=O) groups excluding carboxylic acids is 1. The zero-order valence-electron chi connectivity index (χ0n) is 13.9. The van der Waals surface area contributed by atoms with Crippen LogP contribution in [0.25, 0.3) is 0 Å². The van der Waals surface area contributed by atoms with Gasteiger partial charge in [0.05, 0.1) is 31.5 Å². The number of amides is 1. The molecule has 2 heterocycles. The fraction of sp³-hybridized carbons (Fsp3) is 0.471. The maximum absolute atomic E-state index is 13.0. The van der Waals surface area contributed by atoms with Crippen molar-refractivity contribution in [1.29, 1.82) is 0 Å². The van der Waals surface area contributed by atoms with Crippen molar-refractivity contribution >= 4 is 11.6 Å². The van der Waals surface area contributed by atoms with Crippen molar-refractivity contribution in [3.05, 3.63) is 29.3 Å². The van der Waals surface area contributed by atoms with E-state index < -0.39 is 0 Å². The highest BCUT2D eigenvalue weighted by atomic mass is 16.5. The third-order valence-electron chi connectivity index (χ3n) is 4.57. The lowest BCUT2D eigenvalue weighted by Crippen LogP contribution is -2.44. The molecule has 0 spiro atoms. The van der Waals surface area contributed by atoms with E-state index in [-0.39, 0.29) is 18.2 Å². The molecule has 0 saturated carbocycles. The Kier molecular flexibility index (Phi) is 4.17. The molecule has 0 aromatic heterocycles. The van der Waals surface area contributed by atoms with Gasteiger partial charge in [0.25, 0.3) is 5.91 Å². The molecule has 6 nitrogen and oxygen atoms in total. The van der Waals surface area contributed by atoms with Crippen molar-refractivity contribution in [1.82, 2.24) is 4.90 Å². The molecule has 1 fully saturated rings. The summed E-state index contributed by atoms with van der Waals surface area (Å²) in [7, 11) is 4.79. The van der Waals surface area contributed by atoms with Crippen molar-refractivity contribution in [2.24, 2.45) is 0 Å². The number of nitrogens with zero attached hydrogens (tertiary/aromatic N) is 1. The van der Waals surface area contributed by atoms with E-state index in [1.807, 2.05) is 11.8 Å². The van der Waals surface area contributed by atoms with Crippen molar-refractivity contribution in [2.45, 2.75) is 25.6 Å². The molecular weight excluding hydrogens is 296 g/mol. The second-order valence-corrected chi connectivity index (χ2v) is 5.70. The van der Waals surface area contributed by atoms with Crippen LogP contribution in [0.2, 0.25) is 0 Å². The lowest BCUT2D eigenvalue weighted by Gasteiger charge is -2.27. The molecule has 3 rings (SSSR count). The molecule has 6 heteroatoms. The Balaban J connectivity index is 2.09. The van der Waals surface area contributed by atoms with Gasteiger partial charge in [-0.1, -0.05) is 11.6 Å². The number of rotatable bonds is 3. The van der Waals surface area contributed by atoms with Gasteiger partial charge < -0.3 is 24.4 Å². The average molecular weight is 318 g/mol. The minimum Gasteiger partial charge on any atom is -0.493 e. The highest BCUT2D eigenvalue weighted by Gasteiger charge is 2.41. The molecule has 0 bridgehead atoms. The van der Waals surface area contributed by atoms with Gasteiger partial charge in [0.15, 0.2) is 11.5 Å². The Hall–Kier alpha value is -2.21. The van der Waals surface area contributed by atoms with Crippen LogP contribution in [0, 0.1) is 0 Å². The van der Waals surface area contributed by atoms with Crippen LogP contribution in [-0.2, 0) is 4.74 Å². The average Bonchev–Trinajstić information content (AvgIpc) is 2.98. The lowest BCUT2D eigenvalue weighted by molar-refractivity contribution is 0.0420. The molecule has 0 aliphatic carbocycles. The Morgan fingerprint density at radius 2 is 1.91 bits per heavy atom. The van der Waals surface area contributed by atoms with Crippen molar-refractivity contribution in [3.8, 4) is 11.5 Å². The Labute approximate surface area is 136 Å². The first kappa shape index (κ1) is 15.7. The normalized spacial score (nSPS) is 24.8. The number of nitrogens with one attached hydrogen (secondary N) is 1. The molecule has 23 heavy (non-hydrogen) atoms. The molecule has 1 amide bonds. The number of anilines is 1. The molecule has 1 aromatic carbocycles. The second-order valence-electron chi connectivity index (χ2n) is 5.70.